The highest BCUT2D eigenvalue weighted by atomic mass is 35.5. The molecule has 2 rings (SSSR count). The minimum atomic E-state index is 0.781. The molecule has 102 valence electrons. The van der Waals surface area contributed by atoms with Crippen LogP contribution in [0.1, 0.15) is 18.9 Å². The molecular formula is C14H18ClN3S. The first kappa shape index (κ1) is 14.4. The molecule has 0 aliphatic carbocycles. The quantitative estimate of drug-likeness (QED) is 0.824. The Balaban J connectivity index is 2.20. The van der Waals surface area contributed by atoms with Crippen LogP contribution in [-0.2, 0) is 13.6 Å². The number of nitrogens with zero attached hydrogens (tertiary/aromatic N) is 2. The Kier molecular flexibility index (Phi) is 5.31. The van der Waals surface area contributed by atoms with Crippen molar-refractivity contribution in [3.63, 3.8) is 0 Å². The van der Waals surface area contributed by atoms with Crippen LogP contribution in [0.5, 0.6) is 0 Å². The summed E-state index contributed by atoms with van der Waals surface area (Å²) in [5, 5.41) is 5.14. The Bertz CT molecular complexity index is 539. The zero-order valence-corrected chi connectivity index (χ0v) is 12.8. The zero-order chi connectivity index (χ0) is 13.7. The van der Waals surface area contributed by atoms with Gasteiger partial charge in [-0.3, -0.25) is 0 Å². The van der Waals surface area contributed by atoms with Gasteiger partial charge in [0, 0.05) is 30.9 Å². The van der Waals surface area contributed by atoms with Crippen LogP contribution >= 0.6 is 23.4 Å². The molecule has 0 saturated carbocycles. The molecule has 0 amide bonds. The molecule has 0 spiro atoms. The van der Waals surface area contributed by atoms with Gasteiger partial charge >= 0.3 is 0 Å². The predicted octanol–water partition coefficient (Wildman–Crippen LogP) is 3.72. The van der Waals surface area contributed by atoms with Gasteiger partial charge in [0.1, 0.15) is 0 Å². The molecule has 1 aromatic heterocycles. The second-order valence-electron chi connectivity index (χ2n) is 4.33. The topological polar surface area (TPSA) is 29.9 Å². The van der Waals surface area contributed by atoms with Gasteiger partial charge in [0.2, 0.25) is 0 Å². The Morgan fingerprint density at radius 3 is 2.95 bits per heavy atom. The van der Waals surface area contributed by atoms with E-state index in [-0.39, 0.29) is 0 Å². The average molecular weight is 296 g/mol. The molecule has 0 aliphatic heterocycles. The average Bonchev–Trinajstić information content (AvgIpc) is 2.79. The first-order chi connectivity index (χ1) is 9.22. The monoisotopic (exact) mass is 295 g/mol. The van der Waals surface area contributed by atoms with Crippen molar-refractivity contribution in [2.24, 2.45) is 7.05 Å². The minimum absolute atomic E-state index is 0.781. The molecule has 0 atom stereocenters. The first-order valence-electron chi connectivity index (χ1n) is 6.35. The Hall–Kier alpha value is -0.970. The van der Waals surface area contributed by atoms with E-state index in [4.69, 9.17) is 11.6 Å². The molecule has 0 aliphatic rings. The second kappa shape index (κ2) is 6.98. The molecule has 3 nitrogen and oxygen atoms in total. The Morgan fingerprint density at radius 1 is 1.42 bits per heavy atom. The summed E-state index contributed by atoms with van der Waals surface area (Å²) in [6, 6.07) is 6.03. The summed E-state index contributed by atoms with van der Waals surface area (Å²) in [6.45, 7) is 4.01. The van der Waals surface area contributed by atoms with E-state index in [0.717, 1.165) is 34.6 Å². The van der Waals surface area contributed by atoms with E-state index in [2.05, 4.69) is 23.3 Å². The van der Waals surface area contributed by atoms with E-state index >= 15 is 0 Å². The zero-order valence-electron chi connectivity index (χ0n) is 11.2. The lowest BCUT2D eigenvalue weighted by atomic mass is 10.2. The van der Waals surface area contributed by atoms with E-state index in [1.807, 2.05) is 29.9 Å². The number of rotatable bonds is 6. The normalized spacial score (nSPS) is 10.9. The number of nitrogens with one attached hydrogen (secondary N) is 1. The van der Waals surface area contributed by atoms with E-state index in [0.29, 0.717) is 0 Å². The smallest absolute Gasteiger partial charge is 0.172 e. The lowest BCUT2D eigenvalue weighted by molar-refractivity contribution is 0.669. The van der Waals surface area contributed by atoms with Crippen LogP contribution < -0.4 is 5.32 Å². The number of hydrogen-bond donors (Lipinski definition) is 1. The number of aryl methyl sites for hydroxylation is 1. The van der Waals surface area contributed by atoms with Crippen LogP contribution in [0, 0.1) is 0 Å². The third-order valence-corrected chi connectivity index (χ3v) is 4.45. The minimum Gasteiger partial charge on any atom is -0.329 e. The highest BCUT2D eigenvalue weighted by Gasteiger charge is 2.11. The van der Waals surface area contributed by atoms with Gasteiger partial charge in [-0.05, 0) is 36.4 Å². The van der Waals surface area contributed by atoms with Gasteiger partial charge in [-0.1, -0.05) is 30.7 Å². The van der Waals surface area contributed by atoms with Crippen LogP contribution in [0.2, 0.25) is 5.02 Å². The van der Waals surface area contributed by atoms with E-state index in [9.17, 15) is 0 Å². The van der Waals surface area contributed by atoms with Gasteiger partial charge in [-0.2, -0.15) is 0 Å². The maximum atomic E-state index is 6.33. The third kappa shape index (κ3) is 3.75. The van der Waals surface area contributed by atoms with Crippen LogP contribution in [0.3, 0.4) is 0 Å². The second-order valence-corrected chi connectivity index (χ2v) is 5.71. The molecule has 0 saturated heterocycles. The summed E-state index contributed by atoms with van der Waals surface area (Å²) in [4.78, 5) is 5.42. The molecule has 1 N–H and O–H groups in total. The van der Waals surface area contributed by atoms with Crippen molar-refractivity contribution in [3.05, 3.63) is 41.2 Å². The summed E-state index contributed by atoms with van der Waals surface area (Å²) in [7, 11) is 1.99. The van der Waals surface area contributed by atoms with Gasteiger partial charge < -0.3 is 9.88 Å². The lowest BCUT2D eigenvalue weighted by Crippen LogP contribution is -2.14. The first-order valence-corrected chi connectivity index (χ1v) is 7.55. The molecule has 5 heteroatoms. The molecule has 19 heavy (non-hydrogen) atoms. The maximum absolute atomic E-state index is 6.33. The number of hydrogen-bond acceptors (Lipinski definition) is 3. The van der Waals surface area contributed by atoms with E-state index < -0.39 is 0 Å². The van der Waals surface area contributed by atoms with Crippen LogP contribution in [0.4, 0.5) is 0 Å². The largest absolute Gasteiger partial charge is 0.329 e. The Morgan fingerprint density at radius 2 is 2.26 bits per heavy atom. The number of halogens is 1. The van der Waals surface area contributed by atoms with Gasteiger partial charge in [0.25, 0.3) is 0 Å². The number of aromatic nitrogens is 2. The van der Waals surface area contributed by atoms with Crippen molar-refractivity contribution < 1.29 is 0 Å². The van der Waals surface area contributed by atoms with Crippen molar-refractivity contribution in [3.8, 4) is 0 Å². The highest BCUT2D eigenvalue weighted by molar-refractivity contribution is 7.99. The molecule has 0 unspecified atom stereocenters. The molecule has 0 fully saturated rings. The standard InChI is InChI=1S/C14H18ClN3S/c1-3-7-16-10-11-5-4-6-12(15)13(11)19-14-17-8-9-18(14)2/h4-6,8-9,16H,3,7,10H2,1-2H3. The summed E-state index contributed by atoms with van der Waals surface area (Å²) >= 11 is 7.94. The fourth-order valence-electron chi connectivity index (χ4n) is 1.75. The fourth-order valence-corrected chi connectivity index (χ4v) is 3.00. The third-order valence-electron chi connectivity index (χ3n) is 2.76. The highest BCUT2D eigenvalue weighted by Crippen LogP contribution is 2.35. The van der Waals surface area contributed by atoms with Crippen LogP contribution in [0.15, 0.2) is 40.6 Å². The van der Waals surface area contributed by atoms with Crippen molar-refractivity contribution in [1.29, 1.82) is 0 Å². The lowest BCUT2D eigenvalue weighted by Gasteiger charge is -2.11. The molecule has 2 aromatic rings. The molecule has 1 heterocycles. The summed E-state index contributed by atoms with van der Waals surface area (Å²) in [5.41, 5.74) is 1.22. The number of benzene rings is 1. The molecule has 0 bridgehead atoms. The SMILES string of the molecule is CCCNCc1cccc(Cl)c1Sc1nccn1C. The number of imidazole rings is 1. The summed E-state index contributed by atoms with van der Waals surface area (Å²) < 4.78 is 2.00. The predicted molar refractivity (Wildman–Crippen MR) is 80.8 cm³/mol. The van der Waals surface area contributed by atoms with Gasteiger partial charge in [-0.15, -0.1) is 0 Å². The summed E-state index contributed by atoms with van der Waals surface area (Å²) in [5.74, 6) is 0. The van der Waals surface area contributed by atoms with Gasteiger partial charge in [-0.25, -0.2) is 4.98 Å². The van der Waals surface area contributed by atoms with E-state index in [1.165, 1.54) is 5.56 Å². The van der Waals surface area contributed by atoms with Crippen LogP contribution in [-0.4, -0.2) is 16.1 Å². The van der Waals surface area contributed by atoms with Crippen molar-refractivity contribution >= 4 is 23.4 Å². The summed E-state index contributed by atoms with van der Waals surface area (Å²) in [6.07, 6.45) is 4.87. The van der Waals surface area contributed by atoms with E-state index in [1.54, 1.807) is 18.0 Å². The fraction of sp³-hybridized carbons (Fsp3) is 0.357. The van der Waals surface area contributed by atoms with Crippen LogP contribution in [0.25, 0.3) is 0 Å². The maximum Gasteiger partial charge on any atom is 0.172 e. The molecule has 0 radical (unpaired) electrons. The van der Waals surface area contributed by atoms with Crippen molar-refractivity contribution in [2.45, 2.75) is 29.9 Å². The van der Waals surface area contributed by atoms with Crippen molar-refractivity contribution in [2.75, 3.05) is 6.54 Å². The molecule has 1 aromatic carbocycles. The Labute approximate surface area is 123 Å². The van der Waals surface area contributed by atoms with Gasteiger partial charge in [0.05, 0.1) is 5.02 Å². The van der Waals surface area contributed by atoms with Gasteiger partial charge in [0.15, 0.2) is 5.16 Å². The van der Waals surface area contributed by atoms with Crippen molar-refractivity contribution in [1.82, 2.24) is 14.9 Å². The molecular weight excluding hydrogens is 278 g/mol.